The van der Waals surface area contributed by atoms with Crippen LogP contribution in [0, 0.1) is 0 Å². The van der Waals surface area contributed by atoms with E-state index in [0.29, 0.717) is 25.5 Å². The summed E-state index contributed by atoms with van der Waals surface area (Å²) in [4.78, 5) is 4.10. The number of rotatable bonds is 6. The number of fused-ring (bicyclic) bond motifs is 1. The highest BCUT2D eigenvalue weighted by atomic mass is 127. The van der Waals surface area contributed by atoms with Gasteiger partial charge in [-0.3, -0.25) is 4.99 Å². The highest BCUT2D eigenvalue weighted by Crippen LogP contribution is 2.32. The van der Waals surface area contributed by atoms with E-state index in [1.54, 1.807) is 7.05 Å². The number of guanidine groups is 1. The van der Waals surface area contributed by atoms with E-state index in [4.69, 9.17) is 9.47 Å². The molecule has 7 nitrogen and oxygen atoms in total. The first-order valence-corrected chi connectivity index (χ1v) is 9.05. The van der Waals surface area contributed by atoms with Crippen LogP contribution in [-0.2, 0) is 16.4 Å². The molecule has 0 spiro atoms. The van der Waals surface area contributed by atoms with Gasteiger partial charge in [0.2, 0.25) is 6.79 Å². The normalized spacial score (nSPS) is 13.4. The van der Waals surface area contributed by atoms with Crippen molar-refractivity contribution in [1.82, 2.24) is 10.6 Å². The van der Waals surface area contributed by atoms with Crippen LogP contribution in [0.4, 0.5) is 0 Å². The fourth-order valence-electron chi connectivity index (χ4n) is 2.00. The van der Waals surface area contributed by atoms with Crippen LogP contribution in [0.15, 0.2) is 23.2 Å². The number of benzene rings is 1. The Labute approximate surface area is 153 Å². The van der Waals surface area contributed by atoms with Gasteiger partial charge in [-0.1, -0.05) is 6.07 Å². The van der Waals surface area contributed by atoms with Crippen molar-refractivity contribution in [2.24, 2.45) is 4.99 Å². The monoisotopic (exact) mass is 455 g/mol. The molecule has 23 heavy (non-hydrogen) atoms. The molecule has 1 heterocycles. The predicted molar refractivity (Wildman–Crippen MR) is 101 cm³/mol. The number of halogens is 1. The molecule has 0 aliphatic carbocycles. The first-order chi connectivity index (χ1) is 10.5. The van der Waals surface area contributed by atoms with E-state index in [1.807, 2.05) is 18.2 Å². The molecule has 2 N–H and O–H groups in total. The number of nitrogens with zero attached hydrogens (tertiary/aromatic N) is 1. The van der Waals surface area contributed by atoms with Crippen LogP contribution < -0.4 is 20.1 Å². The van der Waals surface area contributed by atoms with E-state index in [0.717, 1.165) is 17.1 Å². The topological polar surface area (TPSA) is 89.0 Å². The predicted octanol–water partition coefficient (Wildman–Crippen LogP) is 1.13. The van der Waals surface area contributed by atoms with Crippen molar-refractivity contribution in [2.75, 3.05) is 32.4 Å². The molecule has 2 rings (SSSR count). The zero-order valence-electron chi connectivity index (χ0n) is 13.2. The minimum Gasteiger partial charge on any atom is -0.454 e. The molecule has 0 saturated carbocycles. The Morgan fingerprint density at radius 3 is 2.70 bits per heavy atom. The summed E-state index contributed by atoms with van der Waals surface area (Å²) < 4.78 is 32.7. The highest BCUT2D eigenvalue weighted by molar-refractivity contribution is 14.0. The minimum absolute atomic E-state index is 0. The number of ether oxygens (including phenoxy) is 2. The summed E-state index contributed by atoms with van der Waals surface area (Å²) in [6, 6.07) is 5.76. The van der Waals surface area contributed by atoms with Crippen molar-refractivity contribution in [2.45, 2.75) is 13.0 Å². The van der Waals surface area contributed by atoms with Crippen LogP contribution in [0.5, 0.6) is 11.5 Å². The third-order valence-corrected chi connectivity index (χ3v) is 4.14. The second-order valence-electron chi connectivity index (χ2n) is 5.02. The number of nitrogens with one attached hydrogen (secondary N) is 2. The average Bonchev–Trinajstić information content (AvgIpc) is 2.93. The van der Waals surface area contributed by atoms with E-state index in [-0.39, 0.29) is 36.5 Å². The molecule has 0 saturated heterocycles. The SMILES string of the molecule is CN=C(NCCCS(C)(=O)=O)NCc1ccc2c(c1)OCO2.I. The summed E-state index contributed by atoms with van der Waals surface area (Å²) in [5, 5.41) is 6.25. The van der Waals surface area contributed by atoms with E-state index in [9.17, 15) is 8.42 Å². The van der Waals surface area contributed by atoms with Gasteiger partial charge in [-0.15, -0.1) is 24.0 Å². The van der Waals surface area contributed by atoms with Crippen molar-refractivity contribution < 1.29 is 17.9 Å². The van der Waals surface area contributed by atoms with Crippen LogP contribution in [0.25, 0.3) is 0 Å². The Morgan fingerprint density at radius 2 is 2.00 bits per heavy atom. The van der Waals surface area contributed by atoms with Crippen LogP contribution in [0.1, 0.15) is 12.0 Å². The van der Waals surface area contributed by atoms with Gasteiger partial charge in [-0.05, 0) is 24.1 Å². The second kappa shape index (κ2) is 9.16. The maximum absolute atomic E-state index is 11.1. The van der Waals surface area contributed by atoms with Gasteiger partial charge in [0.05, 0.1) is 5.75 Å². The number of hydrogen-bond donors (Lipinski definition) is 2. The summed E-state index contributed by atoms with van der Waals surface area (Å²) in [5.41, 5.74) is 1.04. The summed E-state index contributed by atoms with van der Waals surface area (Å²) in [6.45, 7) is 1.39. The van der Waals surface area contributed by atoms with Crippen LogP contribution >= 0.6 is 24.0 Å². The average molecular weight is 455 g/mol. The molecule has 0 unspecified atom stereocenters. The fraction of sp³-hybridized carbons (Fsp3) is 0.500. The lowest BCUT2D eigenvalue weighted by molar-refractivity contribution is 0.174. The van der Waals surface area contributed by atoms with Gasteiger partial charge in [-0.25, -0.2) is 8.42 Å². The standard InChI is InChI=1S/C14H21N3O4S.HI/c1-15-14(16-6-3-7-22(2,18)19)17-9-11-4-5-12-13(8-11)21-10-20-12;/h4-5,8H,3,6-7,9-10H2,1-2H3,(H2,15,16,17);1H. The largest absolute Gasteiger partial charge is 0.454 e. The van der Waals surface area contributed by atoms with Crippen LogP contribution in [-0.4, -0.2) is 46.8 Å². The lowest BCUT2D eigenvalue weighted by Crippen LogP contribution is -2.37. The van der Waals surface area contributed by atoms with Gasteiger partial charge >= 0.3 is 0 Å². The second-order valence-corrected chi connectivity index (χ2v) is 7.28. The smallest absolute Gasteiger partial charge is 0.231 e. The van der Waals surface area contributed by atoms with E-state index in [2.05, 4.69) is 15.6 Å². The van der Waals surface area contributed by atoms with Gasteiger partial charge in [-0.2, -0.15) is 0 Å². The summed E-state index contributed by atoms with van der Waals surface area (Å²) >= 11 is 0. The molecule has 0 fully saturated rings. The number of hydrogen-bond acceptors (Lipinski definition) is 5. The Morgan fingerprint density at radius 1 is 1.26 bits per heavy atom. The van der Waals surface area contributed by atoms with Crippen molar-refractivity contribution in [3.05, 3.63) is 23.8 Å². The zero-order valence-corrected chi connectivity index (χ0v) is 16.3. The Kier molecular flexibility index (Phi) is 7.89. The van der Waals surface area contributed by atoms with Crippen LogP contribution in [0.2, 0.25) is 0 Å². The molecular formula is C14H22IN3O4S. The van der Waals surface area contributed by atoms with Crippen molar-refractivity contribution >= 4 is 39.8 Å². The summed E-state index contributed by atoms with van der Waals surface area (Å²) in [5.74, 6) is 2.30. The van der Waals surface area contributed by atoms with Crippen molar-refractivity contribution in [3.63, 3.8) is 0 Å². The Bertz CT molecular complexity index is 649. The summed E-state index contributed by atoms with van der Waals surface area (Å²) in [7, 11) is -1.24. The molecule has 0 atom stereocenters. The van der Waals surface area contributed by atoms with E-state index < -0.39 is 9.84 Å². The highest BCUT2D eigenvalue weighted by Gasteiger charge is 2.13. The maximum atomic E-state index is 11.1. The van der Waals surface area contributed by atoms with Gasteiger partial charge in [0.1, 0.15) is 9.84 Å². The molecule has 1 aliphatic heterocycles. The molecule has 0 aromatic heterocycles. The first kappa shape index (κ1) is 19.8. The van der Waals surface area contributed by atoms with Gasteiger partial charge < -0.3 is 20.1 Å². The lowest BCUT2D eigenvalue weighted by atomic mass is 10.2. The Balaban J connectivity index is 0.00000264. The third kappa shape index (κ3) is 6.81. The third-order valence-electron chi connectivity index (χ3n) is 3.10. The zero-order chi connectivity index (χ0) is 16.0. The van der Waals surface area contributed by atoms with Crippen molar-refractivity contribution in [3.8, 4) is 11.5 Å². The van der Waals surface area contributed by atoms with Crippen molar-refractivity contribution in [1.29, 1.82) is 0 Å². The molecule has 0 radical (unpaired) electrons. The molecule has 0 amide bonds. The summed E-state index contributed by atoms with van der Waals surface area (Å²) in [6.07, 6.45) is 1.78. The lowest BCUT2D eigenvalue weighted by Gasteiger charge is -2.12. The molecule has 9 heteroatoms. The maximum Gasteiger partial charge on any atom is 0.231 e. The molecule has 1 aliphatic rings. The molecule has 0 bridgehead atoms. The molecule has 1 aromatic carbocycles. The van der Waals surface area contributed by atoms with Gasteiger partial charge in [0.15, 0.2) is 17.5 Å². The minimum atomic E-state index is -2.92. The fourth-order valence-corrected chi connectivity index (χ4v) is 2.67. The van der Waals surface area contributed by atoms with Gasteiger partial charge in [0, 0.05) is 26.4 Å². The number of sulfone groups is 1. The number of aliphatic imine (C=N–C) groups is 1. The quantitative estimate of drug-likeness (QED) is 0.290. The first-order valence-electron chi connectivity index (χ1n) is 6.99. The van der Waals surface area contributed by atoms with E-state index >= 15 is 0 Å². The Hall–Kier alpha value is -1.23. The van der Waals surface area contributed by atoms with Crippen LogP contribution in [0.3, 0.4) is 0 Å². The molecular weight excluding hydrogens is 433 g/mol. The molecule has 1 aromatic rings. The van der Waals surface area contributed by atoms with Gasteiger partial charge in [0.25, 0.3) is 0 Å². The van der Waals surface area contributed by atoms with E-state index in [1.165, 1.54) is 6.26 Å². The molecule has 130 valence electrons.